The fourth-order valence-electron chi connectivity index (χ4n) is 2.81. The second kappa shape index (κ2) is 9.33. The molecule has 0 fully saturated rings. The Labute approximate surface area is 173 Å². The number of aliphatic hydroxyl groups excluding tert-OH is 1. The first-order valence-corrected chi connectivity index (χ1v) is 9.24. The Morgan fingerprint density at radius 1 is 1.27 bits per heavy atom. The normalized spacial score (nSPS) is 11.7. The van der Waals surface area contributed by atoms with Crippen LogP contribution in [0.2, 0.25) is 0 Å². The number of nitrogens with one attached hydrogen (secondary N) is 2. The van der Waals surface area contributed by atoms with Gasteiger partial charge in [0.2, 0.25) is 0 Å². The standard InChI is InChI=1S/C21H23FN4O4/c1-11(2)17(10-27)25-21(30)19(28)15-8-18(26(4)12(15)3)20(29)24-14-5-6-16(22)13(7-14)9-23/h5-8,11,17,27H,10H2,1-4H3,(H,24,29)(H,25,30). The fraction of sp³-hybridized carbons (Fsp3) is 0.333. The number of aliphatic hydroxyl groups is 1. The van der Waals surface area contributed by atoms with Crippen LogP contribution in [0, 0.1) is 30.0 Å². The third-order valence-electron chi connectivity index (χ3n) is 4.88. The molecule has 2 rings (SSSR count). The monoisotopic (exact) mass is 414 g/mol. The van der Waals surface area contributed by atoms with Gasteiger partial charge in [-0.3, -0.25) is 14.4 Å². The quantitative estimate of drug-likeness (QED) is 0.472. The first kappa shape index (κ1) is 22.8. The molecule has 0 aliphatic rings. The molecule has 1 unspecified atom stereocenters. The van der Waals surface area contributed by atoms with Gasteiger partial charge >= 0.3 is 0 Å². The Hall–Kier alpha value is -3.51. The average molecular weight is 414 g/mol. The Morgan fingerprint density at radius 2 is 1.93 bits per heavy atom. The number of ketones is 1. The van der Waals surface area contributed by atoms with Crippen LogP contribution < -0.4 is 10.6 Å². The Morgan fingerprint density at radius 3 is 2.50 bits per heavy atom. The van der Waals surface area contributed by atoms with Crippen molar-refractivity contribution >= 4 is 23.3 Å². The zero-order valence-corrected chi connectivity index (χ0v) is 17.1. The lowest BCUT2D eigenvalue weighted by atomic mass is 10.0. The number of benzene rings is 1. The van der Waals surface area contributed by atoms with E-state index in [9.17, 15) is 23.9 Å². The summed E-state index contributed by atoms with van der Waals surface area (Å²) in [6.45, 7) is 4.89. The molecule has 2 amide bonds. The van der Waals surface area contributed by atoms with Crippen molar-refractivity contribution in [1.82, 2.24) is 9.88 Å². The first-order chi connectivity index (χ1) is 14.1. The SMILES string of the molecule is Cc1c(C(=O)C(=O)NC(CO)C(C)C)cc(C(=O)Nc2ccc(F)c(C#N)c2)n1C. The molecule has 9 heteroatoms. The van der Waals surface area contributed by atoms with Crippen LogP contribution in [0.25, 0.3) is 0 Å². The van der Waals surface area contributed by atoms with Gasteiger partial charge in [0.05, 0.1) is 18.2 Å². The van der Waals surface area contributed by atoms with Crippen molar-refractivity contribution in [3.8, 4) is 6.07 Å². The number of carbonyl (C=O) groups is 3. The second-order valence-corrected chi connectivity index (χ2v) is 7.18. The number of Topliss-reactive ketones (excluding diaryl/α,β-unsaturated/α-hetero) is 1. The fourth-order valence-corrected chi connectivity index (χ4v) is 2.81. The van der Waals surface area contributed by atoms with E-state index in [1.165, 1.54) is 22.8 Å². The highest BCUT2D eigenvalue weighted by molar-refractivity contribution is 6.43. The highest BCUT2D eigenvalue weighted by atomic mass is 19.1. The summed E-state index contributed by atoms with van der Waals surface area (Å²) in [5.74, 6) is -3.06. The summed E-state index contributed by atoms with van der Waals surface area (Å²) < 4.78 is 14.9. The average Bonchev–Trinajstić information content (AvgIpc) is 3.01. The number of amides is 2. The van der Waals surface area contributed by atoms with Crippen molar-refractivity contribution in [3.63, 3.8) is 0 Å². The maximum atomic E-state index is 13.5. The van der Waals surface area contributed by atoms with Crippen molar-refractivity contribution in [1.29, 1.82) is 5.26 Å². The molecule has 3 N–H and O–H groups in total. The Bertz CT molecular complexity index is 1040. The van der Waals surface area contributed by atoms with Gasteiger partial charge in [0.15, 0.2) is 0 Å². The van der Waals surface area contributed by atoms with Gasteiger partial charge in [0.25, 0.3) is 17.6 Å². The molecule has 0 radical (unpaired) electrons. The van der Waals surface area contributed by atoms with Crippen molar-refractivity contribution < 1.29 is 23.9 Å². The van der Waals surface area contributed by atoms with Gasteiger partial charge in [0.1, 0.15) is 17.6 Å². The number of hydrogen-bond donors (Lipinski definition) is 3. The summed E-state index contributed by atoms with van der Waals surface area (Å²) in [5.41, 5.74) is 0.561. The van der Waals surface area contributed by atoms with Gasteiger partial charge < -0.3 is 20.3 Å². The van der Waals surface area contributed by atoms with Gasteiger partial charge in [-0.2, -0.15) is 5.26 Å². The number of rotatable bonds is 7. The van der Waals surface area contributed by atoms with Crippen LogP contribution in [0.4, 0.5) is 10.1 Å². The lowest BCUT2D eigenvalue weighted by molar-refractivity contribution is -0.118. The minimum atomic E-state index is -0.874. The van der Waals surface area contributed by atoms with Crippen molar-refractivity contribution in [3.05, 3.63) is 52.6 Å². The molecule has 8 nitrogen and oxygen atoms in total. The molecule has 1 aromatic heterocycles. The maximum absolute atomic E-state index is 13.5. The summed E-state index contributed by atoms with van der Waals surface area (Å²) in [6.07, 6.45) is 0. The van der Waals surface area contributed by atoms with Crippen LogP contribution >= 0.6 is 0 Å². The predicted molar refractivity (Wildman–Crippen MR) is 107 cm³/mol. The van der Waals surface area contributed by atoms with Gasteiger partial charge in [-0.1, -0.05) is 13.8 Å². The van der Waals surface area contributed by atoms with Gasteiger partial charge in [0, 0.05) is 24.0 Å². The van der Waals surface area contributed by atoms with E-state index < -0.39 is 29.5 Å². The van der Waals surface area contributed by atoms with Crippen LogP contribution in [-0.4, -0.2) is 39.9 Å². The van der Waals surface area contributed by atoms with Gasteiger partial charge in [-0.15, -0.1) is 0 Å². The van der Waals surface area contributed by atoms with E-state index in [4.69, 9.17) is 5.26 Å². The highest BCUT2D eigenvalue weighted by Gasteiger charge is 2.26. The van der Waals surface area contributed by atoms with E-state index >= 15 is 0 Å². The molecule has 0 aliphatic heterocycles. The van der Waals surface area contributed by atoms with Crippen molar-refractivity contribution in [2.75, 3.05) is 11.9 Å². The molecule has 2 aromatic rings. The zero-order chi connectivity index (χ0) is 22.6. The Kier molecular flexibility index (Phi) is 7.08. The van der Waals surface area contributed by atoms with E-state index in [1.807, 2.05) is 0 Å². The third-order valence-corrected chi connectivity index (χ3v) is 4.88. The molecule has 158 valence electrons. The molecule has 0 saturated heterocycles. The molecular weight excluding hydrogens is 391 g/mol. The number of nitriles is 1. The number of anilines is 1. The first-order valence-electron chi connectivity index (χ1n) is 9.24. The molecule has 1 heterocycles. The van der Waals surface area contributed by atoms with Gasteiger partial charge in [-0.05, 0) is 37.1 Å². The van der Waals surface area contributed by atoms with E-state index in [2.05, 4.69) is 10.6 Å². The summed E-state index contributed by atoms with van der Waals surface area (Å²) in [6, 6.07) is 5.99. The van der Waals surface area contributed by atoms with E-state index in [-0.39, 0.29) is 35.0 Å². The molecule has 0 spiro atoms. The summed E-state index contributed by atoms with van der Waals surface area (Å²) in [7, 11) is 1.56. The molecule has 0 aliphatic carbocycles. The summed E-state index contributed by atoms with van der Waals surface area (Å²) in [5, 5.41) is 23.3. The van der Waals surface area contributed by atoms with Crippen LogP contribution in [0.1, 0.15) is 46.0 Å². The maximum Gasteiger partial charge on any atom is 0.292 e. The zero-order valence-electron chi connectivity index (χ0n) is 17.1. The van der Waals surface area contributed by atoms with Crippen LogP contribution in [0.3, 0.4) is 0 Å². The molecule has 30 heavy (non-hydrogen) atoms. The topological polar surface area (TPSA) is 124 Å². The number of carbonyl (C=O) groups excluding carboxylic acids is 3. The molecule has 1 atom stereocenters. The smallest absolute Gasteiger partial charge is 0.292 e. The number of hydrogen-bond acceptors (Lipinski definition) is 5. The van der Waals surface area contributed by atoms with Crippen molar-refractivity contribution in [2.45, 2.75) is 26.8 Å². The van der Waals surface area contributed by atoms with E-state index in [0.29, 0.717) is 5.69 Å². The Balaban J connectivity index is 2.25. The summed E-state index contributed by atoms with van der Waals surface area (Å²) in [4.78, 5) is 37.5. The molecule has 0 bridgehead atoms. The minimum absolute atomic E-state index is 0.0532. The van der Waals surface area contributed by atoms with Crippen LogP contribution in [0.5, 0.6) is 0 Å². The molecular formula is C21H23FN4O4. The largest absolute Gasteiger partial charge is 0.394 e. The molecule has 0 saturated carbocycles. The lowest BCUT2D eigenvalue weighted by Gasteiger charge is -2.19. The highest BCUT2D eigenvalue weighted by Crippen LogP contribution is 2.19. The predicted octanol–water partition coefficient (Wildman–Crippen LogP) is 1.91. The number of halogens is 1. The van der Waals surface area contributed by atoms with Crippen LogP contribution in [0.15, 0.2) is 24.3 Å². The van der Waals surface area contributed by atoms with Crippen LogP contribution in [-0.2, 0) is 11.8 Å². The van der Waals surface area contributed by atoms with E-state index in [1.54, 1.807) is 33.9 Å². The minimum Gasteiger partial charge on any atom is -0.394 e. The number of aromatic nitrogens is 1. The van der Waals surface area contributed by atoms with E-state index in [0.717, 1.165) is 6.07 Å². The second-order valence-electron chi connectivity index (χ2n) is 7.18. The lowest BCUT2D eigenvalue weighted by Crippen LogP contribution is -2.44. The molecule has 1 aromatic carbocycles. The van der Waals surface area contributed by atoms with Gasteiger partial charge in [-0.25, -0.2) is 4.39 Å². The summed E-state index contributed by atoms with van der Waals surface area (Å²) >= 11 is 0. The number of nitrogens with zero attached hydrogens (tertiary/aromatic N) is 2. The third kappa shape index (κ3) is 4.72. The van der Waals surface area contributed by atoms with Crippen molar-refractivity contribution in [2.24, 2.45) is 13.0 Å².